The molecule has 3 atom stereocenters. The van der Waals surface area contributed by atoms with Gasteiger partial charge in [-0.05, 0) is 215 Å². The second-order valence-corrected chi connectivity index (χ2v) is 20.8. The zero-order chi connectivity index (χ0) is 40.5. The molecule has 2 aliphatic heterocycles. The number of rotatable bonds is 18. The van der Waals surface area contributed by atoms with Crippen molar-refractivity contribution in [2.45, 2.75) is 57.2 Å². The zero-order valence-electron chi connectivity index (χ0n) is 30.3. The van der Waals surface area contributed by atoms with E-state index in [4.69, 9.17) is 37.9 Å². The van der Waals surface area contributed by atoms with Gasteiger partial charge in [0.05, 0.1) is 49.0 Å². The smallest absolute Gasteiger partial charge is 0.148 e. The molecule has 3 unspecified atom stereocenters. The van der Waals surface area contributed by atoms with Gasteiger partial charge < -0.3 is 43.0 Å². The van der Waals surface area contributed by atoms with Crippen LogP contribution in [-0.2, 0) is 20.7 Å². The second kappa shape index (κ2) is 19.0. The highest BCUT2D eigenvalue weighted by Gasteiger charge is 2.30. The maximum Gasteiger partial charge on any atom is 0.148 e. The van der Waals surface area contributed by atoms with Crippen LogP contribution in [0.4, 0.5) is 0 Å². The predicted octanol–water partition coefficient (Wildman–Crippen LogP) is 12.8. The Morgan fingerprint density at radius 1 is 0.518 bits per heavy atom. The molecule has 2 fully saturated rings. The molecule has 1 N–H and O–H groups in total. The highest BCUT2D eigenvalue weighted by Crippen LogP contribution is 2.44. The van der Waals surface area contributed by atoms with E-state index < -0.39 is 17.3 Å². The van der Waals surface area contributed by atoms with E-state index in [0.29, 0.717) is 59.9 Å². The van der Waals surface area contributed by atoms with Crippen molar-refractivity contribution in [3.63, 3.8) is 0 Å². The summed E-state index contributed by atoms with van der Waals surface area (Å²) in [6.45, 7) is 10.3. The molecule has 9 nitrogen and oxygen atoms in total. The maximum atomic E-state index is 10.9. The Morgan fingerprint density at radius 3 is 1.07 bits per heavy atom. The van der Waals surface area contributed by atoms with Crippen LogP contribution < -0.4 is 28.4 Å². The molecule has 0 bridgehead atoms. The van der Waals surface area contributed by atoms with Crippen molar-refractivity contribution in [2.75, 3.05) is 39.6 Å². The second-order valence-electron chi connectivity index (χ2n) is 14.0. The van der Waals surface area contributed by atoms with Gasteiger partial charge in [0.2, 0.25) is 0 Å². The summed E-state index contributed by atoms with van der Waals surface area (Å²) in [5.74, 6) is 3.73. The molecule has 2 aliphatic rings. The van der Waals surface area contributed by atoms with E-state index in [1.54, 1.807) is 0 Å². The van der Waals surface area contributed by atoms with E-state index in [0.717, 1.165) is 48.0 Å². The van der Waals surface area contributed by atoms with Gasteiger partial charge in [-0.1, -0.05) is 0 Å². The van der Waals surface area contributed by atoms with E-state index in [2.05, 4.69) is 127 Å². The first-order chi connectivity index (χ1) is 26.4. The third-order valence-corrected chi connectivity index (χ3v) is 13.3. The summed E-state index contributed by atoms with van der Waals surface area (Å²) >= 11 is 29.0. The number of epoxide rings is 2. The Labute approximate surface area is 393 Å². The molecular weight excluding hydrogens is 1250 g/mol. The van der Waals surface area contributed by atoms with Crippen LogP contribution >= 0.6 is 127 Å². The molecule has 0 spiro atoms. The number of halogens is 8. The molecule has 56 heavy (non-hydrogen) atoms. The molecule has 0 amide bonds. The van der Waals surface area contributed by atoms with E-state index in [1.807, 2.05) is 76.2 Å². The van der Waals surface area contributed by atoms with Crippen LogP contribution in [0.25, 0.3) is 0 Å². The molecule has 4 aromatic carbocycles. The third kappa shape index (κ3) is 11.8. The molecule has 0 aliphatic carbocycles. The highest BCUT2D eigenvalue weighted by atomic mass is 79.9. The molecule has 17 heteroatoms. The molecule has 0 radical (unpaired) electrons. The number of hydrogen-bond donors (Lipinski definition) is 1. The van der Waals surface area contributed by atoms with Crippen molar-refractivity contribution in [1.29, 1.82) is 0 Å². The first kappa shape index (κ1) is 44.9. The SMILES string of the molecule is CC(C)(Oc1cc(Br)c(OCC2CO2)c(Br)c1)c1cc(Br)c(OCC(O)COc2c(Br)cc(OC(C)(C)c3cc(Br)c(OCC4CO4)c(Br)c3)cc2Br)c(Br)c1. The summed E-state index contributed by atoms with van der Waals surface area (Å²) in [6, 6.07) is 15.3. The average Bonchev–Trinajstić information content (AvgIpc) is 4.03. The van der Waals surface area contributed by atoms with Gasteiger partial charge in [0, 0.05) is 0 Å². The molecule has 2 heterocycles. The Balaban J connectivity index is 1.03. The van der Waals surface area contributed by atoms with E-state index in [9.17, 15) is 5.11 Å². The fourth-order valence-electron chi connectivity index (χ4n) is 5.35. The first-order valence-electron chi connectivity index (χ1n) is 17.2. The lowest BCUT2D eigenvalue weighted by molar-refractivity contribution is 0.0613. The monoisotopic (exact) mass is 1280 g/mol. The van der Waals surface area contributed by atoms with Crippen molar-refractivity contribution < 1.29 is 43.0 Å². The normalized spacial score (nSPS) is 16.9. The largest absolute Gasteiger partial charge is 0.488 e. The maximum absolute atomic E-state index is 10.9. The van der Waals surface area contributed by atoms with Gasteiger partial charge in [0.1, 0.15) is 90.4 Å². The Hall–Kier alpha value is -0.600. The minimum absolute atomic E-state index is 0.0201. The molecule has 0 aromatic heterocycles. The first-order valence-corrected chi connectivity index (χ1v) is 23.5. The number of aliphatic hydroxyl groups excluding tert-OH is 1. The van der Waals surface area contributed by atoms with Crippen molar-refractivity contribution in [1.82, 2.24) is 0 Å². The fourth-order valence-corrected chi connectivity index (χ4v) is 10.9. The van der Waals surface area contributed by atoms with Gasteiger partial charge in [-0.2, -0.15) is 0 Å². The van der Waals surface area contributed by atoms with Gasteiger partial charge in [-0.15, -0.1) is 0 Å². The average molecular weight is 1290 g/mol. The van der Waals surface area contributed by atoms with Gasteiger partial charge in [-0.25, -0.2) is 0 Å². The zero-order valence-corrected chi connectivity index (χ0v) is 43.0. The topological polar surface area (TPSA) is 101 Å². The molecule has 0 saturated carbocycles. The summed E-state index contributed by atoms with van der Waals surface area (Å²) in [6.07, 6.45) is -0.643. The van der Waals surface area contributed by atoms with Crippen LogP contribution in [0.3, 0.4) is 0 Å². The van der Waals surface area contributed by atoms with Crippen LogP contribution in [0.1, 0.15) is 38.8 Å². The van der Waals surface area contributed by atoms with Crippen LogP contribution in [0.5, 0.6) is 34.5 Å². The minimum Gasteiger partial charge on any atom is -0.488 e. The van der Waals surface area contributed by atoms with Gasteiger partial charge in [-0.3, -0.25) is 0 Å². The van der Waals surface area contributed by atoms with Crippen LogP contribution in [-0.4, -0.2) is 63.1 Å². The van der Waals surface area contributed by atoms with Gasteiger partial charge in [0.25, 0.3) is 0 Å². The Morgan fingerprint density at radius 2 is 0.786 bits per heavy atom. The van der Waals surface area contributed by atoms with E-state index in [-0.39, 0.29) is 25.4 Å². The van der Waals surface area contributed by atoms with Crippen molar-refractivity contribution in [3.8, 4) is 34.5 Å². The Bertz CT molecular complexity index is 1980. The lowest BCUT2D eigenvalue weighted by atomic mass is 9.98. The lowest BCUT2D eigenvalue weighted by Gasteiger charge is -2.29. The standard InChI is InChI=1S/C39H36Br8O9/c1-38(2,56-23-11-32(46)37(33(47)12-23)54-18-25-16-50-25)19-5-26(40)34(27(41)6-19)51-13-21(48)14-52-36-30(44)9-22(10-31(36)45)55-39(3,4)20-7-28(42)35(29(43)8-20)53-17-24-15-49-24/h5-12,21,24-25,48H,13-18H2,1-4H3. The van der Waals surface area contributed by atoms with Crippen molar-refractivity contribution in [3.05, 3.63) is 95.4 Å². The van der Waals surface area contributed by atoms with E-state index >= 15 is 0 Å². The number of benzene rings is 4. The molecule has 4 aromatic rings. The summed E-state index contributed by atoms with van der Waals surface area (Å²) in [7, 11) is 0. The van der Waals surface area contributed by atoms with Gasteiger partial charge >= 0.3 is 0 Å². The number of aliphatic hydroxyl groups is 1. The predicted molar refractivity (Wildman–Crippen MR) is 242 cm³/mol. The van der Waals surface area contributed by atoms with Crippen LogP contribution in [0, 0.1) is 0 Å². The van der Waals surface area contributed by atoms with Crippen molar-refractivity contribution >= 4 is 127 Å². The quantitative estimate of drug-likeness (QED) is 0.0976. The third-order valence-electron chi connectivity index (χ3n) is 8.55. The Kier molecular flexibility index (Phi) is 15.2. The van der Waals surface area contributed by atoms with Crippen LogP contribution in [0.15, 0.2) is 84.3 Å². The molecule has 6 rings (SSSR count). The van der Waals surface area contributed by atoms with Crippen LogP contribution in [0.2, 0.25) is 0 Å². The molecule has 302 valence electrons. The lowest BCUT2D eigenvalue weighted by Crippen LogP contribution is -2.27. The summed E-state index contributed by atoms with van der Waals surface area (Å²) in [5.41, 5.74) is 0.391. The fraction of sp³-hybridized carbons (Fsp3) is 0.385. The number of ether oxygens (including phenoxy) is 8. The highest BCUT2D eigenvalue weighted by molar-refractivity contribution is 9.12. The summed E-state index contributed by atoms with van der Waals surface area (Å²) in [5, 5.41) is 10.9. The number of hydrogen-bond acceptors (Lipinski definition) is 9. The molecular formula is C39H36Br8O9. The minimum atomic E-state index is -0.941. The molecule has 2 saturated heterocycles. The van der Waals surface area contributed by atoms with Crippen molar-refractivity contribution in [2.24, 2.45) is 0 Å². The van der Waals surface area contributed by atoms with Gasteiger partial charge in [0.15, 0.2) is 0 Å². The summed E-state index contributed by atoms with van der Waals surface area (Å²) < 4.78 is 53.2. The summed E-state index contributed by atoms with van der Waals surface area (Å²) in [4.78, 5) is 0. The van der Waals surface area contributed by atoms with E-state index in [1.165, 1.54) is 0 Å².